The number of amides is 4. The fraction of sp³-hybridized carbons (Fsp3) is 0.727. The van der Waals surface area contributed by atoms with Gasteiger partial charge in [-0.2, -0.15) is 0 Å². The minimum absolute atomic E-state index is 0.139. The first-order chi connectivity index (χ1) is 16.8. The van der Waals surface area contributed by atoms with Crippen LogP contribution in [-0.4, -0.2) is 76.5 Å². The number of carboxylic acid groups (broad SMARTS) is 2. The van der Waals surface area contributed by atoms with E-state index in [9.17, 15) is 33.9 Å². The molecule has 14 heteroatoms. The summed E-state index contributed by atoms with van der Waals surface area (Å²) in [6.45, 7) is 4.15. The maximum Gasteiger partial charge on any atom is 0.326 e. The molecule has 0 fully saturated rings. The van der Waals surface area contributed by atoms with Crippen molar-refractivity contribution in [3.8, 4) is 0 Å². The highest BCUT2D eigenvalue weighted by molar-refractivity contribution is 5.94. The van der Waals surface area contributed by atoms with Crippen LogP contribution in [0.4, 0.5) is 0 Å². The Morgan fingerprint density at radius 2 is 1.25 bits per heavy atom. The van der Waals surface area contributed by atoms with E-state index in [4.69, 9.17) is 22.3 Å². The van der Waals surface area contributed by atoms with Crippen molar-refractivity contribution < 1.29 is 39.0 Å². The van der Waals surface area contributed by atoms with Gasteiger partial charge in [-0.1, -0.05) is 13.8 Å². The standard InChI is InChI=1S/C22H40N6O8/c1-12(2)11-13(24)19(32)26-14(5-3-4-10-23)20(33)27-15(6-8-17(25)29)21(34)28-16(22(35)36)7-9-18(30)31/h12-16H,3-11,23-24H2,1-2H3,(H2,25,29)(H,26,32)(H,27,33)(H,28,34)(H,30,31)(H,35,36). The van der Waals surface area contributed by atoms with Crippen LogP contribution in [0.3, 0.4) is 0 Å². The van der Waals surface area contributed by atoms with E-state index in [0.717, 1.165) is 0 Å². The van der Waals surface area contributed by atoms with Gasteiger partial charge >= 0.3 is 11.9 Å². The van der Waals surface area contributed by atoms with Crippen molar-refractivity contribution in [2.75, 3.05) is 6.54 Å². The first kappa shape index (κ1) is 32.7. The molecule has 0 spiro atoms. The lowest BCUT2D eigenvalue weighted by molar-refractivity contribution is -0.143. The van der Waals surface area contributed by atoms with Gasteiger partial charge in [0.1, 0.15) is 18.1 Å². The van der Waals surface area contributed by atoms with Gasteiger partial charge in [-0.05, 0) is 51.0 Å². The molecule has 36 heavy (non-hydrogen) atoms. The zero-order valence-electron chi connectivity index (χ0n) is 20.8. The summed E-state index contributed by atoms with van der Waals surface area (Å²) in [5.74, 6) is -5.55. The number of carbonyl (C=O) groups excluding carboxylic acids is 4. The number of aliphatic carboxylic acids is 2. The summed E-state index contributed by atoms with van der Waals surface area (Å²) in [7, 11) is 0. The lowest BCUT2D eigenvalue weighted by Gasteiger charge is -2.25. The molecule has 0 aromatic rings. The molecular weight excluding hydrogens is 476 g/mol. The van der Waals surface area contributed by atoms with E-state index in [1.54, 1.807) is 0 Å². The third-order valence-electron chi connectivity index (χ3n) is 5.22. The predicted molar refractivity (Wildman–Crippen MR) is 129 cm³/mol. The minimum Gasteiger partial charge on any atom is -0.481 e. The van der Waals surface area contributed by atoms with Gasteiger partial charge < -0.3 is 43.4 Å². The predicted octanol–water partition coefficient (Wildman–Crippen LogP) is -1.84. The number of primary amides is 1. The van der Waals surface area contributed by atoms with Crippen LogP contribution in [0.2, 0.25) is 0 Å². The van der Waals surface area contributed by atoms with Crippen LogP contribution in [0.5, 0.6) is 0 Å². The van der Waals surface area contributed by atoms with Gasteiger partial charge in [0, 0.05) is 12.8 Å². The third kappa shape index (κ3) is 14.2. The number of hydrogen-bond acceptors (Lipinski definition) is 8. The second-order valence-electron chi connectivity index (χ2n) is 8.98. The summed E-state index contributed by atoms with van der Waals surface area (Å²) < 4.78 is 0. The van der Waals surface area contributed by atoms with Crippen molar-refractivity contribution in [2.45, 2.75) is 89.4 Å². The van der Waals surface area contributed by atoms with Gasteiger partial charge in [0.25, 0.3) is 0 Å². The normalized spacial score (nSPS) is 14.2. The third-order valence-corrected chi connectivity index (χ3v) is 5.22. The number of nitrogens with two attached hydrogens (primary N) is 3. The number of carbonyl (C=O) groups is 6. The Bertz CT molecular complexity index is 776. The number of rotatable bonds is 19. The maximum absolute atomic E-state index is 13.0. The van der Waals surface area contributed by atoms with Crippen molar-refractivity contribution in [2.24, 2.45) is 23.1 Å². The molecule has 0 aliphatic rings. The highest BCUT2D eigenvalue weighted by atomic mass is 16.4. The fourth-order valence-electron chi connectivity index (χ4n) is 3.28. The molecule has 14 nitrogen and oxygen atoms in total. The molecule has 0 aromatic heterocycles. The van der Waals surface area contributed by atoms with Gasteiger partial charge in [-0.15, -0.1) is 0 Å². The van der Waals surface area contributed by atoms with Crippen LogP contribution in [0.1, 0.15) is 65.2 Å². The van der Waals surface area contributed by atoms with E-state index in [-0.39, 0.29) is 25.2 Å². The van der Waals surface area contributed by atoms with E-state index in [2.05, 4.69) is 16.0 Å². The lowest BCUT2D eigenvalue weighted by Crippen LogP contribution is -2.57. The largest absolute Gasteiger partial charge is 0.481 e. The second-order valence-corrected chi connectivity index (χ2v) is 8.98. The van der Waals surface area contributed by atoms with Crippen LogP contribution in [0.25, 0.3) is 0 Å². The van der Waals surface area contributed by atoms with E-state index in [1.807, 2.05) is 13.8 Å². The van der Waals surface area contributed by atoms with E-state index >= 15 is 0 Å². The molecule has 0 rings (SSSR count). The molecule has 0 saturated heterocycles. The molecular formula is C22H40N6O8. The zero-order chi connectivity index (χ0) is 27.8. The first-order valence-corrected chi connectivity index (χ1v) is 11.9. The average molecular weight is 517 g/mol. The Kier molecular flexibility index (Phi) is 15.7. The molecule has 0 aliphatic carbocycles. The highest BCUT2D eigenvalue weighted by Crippen LogP contribution is 2.08. The summed E-state index contributed by atoms with van der Waals surface area (Å²) in [5, 5.41) is 25.3. The van der Waals surface area contributed by atoms with Gasteiger partial charge in [0.15, 0.2) is 0 Å². The SMILES string of the molecule is CC(C)CC(N)C(=O)NC(CCCCN)C(=O)NC(CCC(N)=O)C(=O)NC(CCC(=O)O)C(=O)O. The Morgan fingerprint density at radius 1 is 0.750 bits per heavy atom. The van der Waals surface area contributed by atoms with Crippen molar-refractivity contribution >= 4 is 35.6 Å². The molecule has 206 valence electrons. The minimum atomic E-state index is -1.53. The van der Waals surface area contributed by atoms with E-state index in [1.165, 1.54) is 0 Å². The van der Waals surface area contributed by atoms with Crippen LogP contribution < -0.4 is 33.2 Å². The number of hydrogen-bond donors (Lipinski definition) is 8. The van der Waals surface area contributed by atoms with E-state index < -0.39 is 72.6 Å². The maximum atomic E-state index is 13.0. The van der Waals surface area contributed by atoms with Gasteiger partial charge in [0.05, 0.1) is 6.04 Å². The smallest absolute Gasteiger partial charge is 0.326 e. The highest BCUT2D eigenvalue weighted by Gasteiger charge is 2.30. The summed E-state index contributed by atoms with van der Waals surface area (Å²) in [4.78, 5) is 71.8. The average Bonchev–Trinajstić information content (AvgIpc) is 2.77. The van der Waals surface area contributed by atoms with Crippen molar-refractivity contribution in [1.29, 1.82) is 0 Å². The topological polar surface area (TPSA) is 257 Å². The molecule has 4 amide bonds. The molecule has 4 unspecified atom stereocenters. The first-order valence-electron chi connectivity index (χ1n) is 11.9. The molecule has 11 N–H and O–H groups in total. The van der Waals surface area contributed by atoms with Crippen LogP contribution in [0.15, 0.2) is 0 Å². The fourth-order valence-corrected chi connectivity index (χ4v) is 3.28. The van der Waals surface area contributed by atoms with Gasteiger partial charge in [-0.25, -0.2) is 4.79 Å². The lowest BCUT2D eigenvalue weighted by atomic mass is 10.0. The van der Waals surface area contributed by atoms with E-state index in [0.29, 0.717) is 25.8 Å². The van der Waals surface area contributed by atoms with Crippen LogP contribution in [0, 0.1) is 5.92 Å². The second kappa shape index (κ2) is 17.2. The Balaban J connectivity index is 5.59. The molecule has 0 bridgehead atoms. The molecule has 0 heterocycles. The number of nitrogens with one attached hydrogen (secondary N) is 3. The number of unbranched alkanes of at least 4 members (excludes halogenated alkanes) is 1. The molecule has 0 saturated carbocycles. The summed E-state index contributed by atoms with van der Waals surface area (Å²) >= 11 is 0. The molecule has 0 radical (unpaired) electrons. The number of carboxylic acids is 2. The summed E-state index contributed by atoms with van der Waals surface area (Å²) in [6.07, 6.45) is 0.210. The van der Waals surface area contributed by atoms with Crippen molar-refractivity contribution in [3.63, 3.8) is 0 Å². The summed E-state index contributed by atoms with van der Waals surface area (Å²) in [5.41, 5.74) is 16.6. The Hall–Kier alpha value is -3.26. The van der Waals surface area contributed by atoms with Crippen LogP contribution >= 0.6 is 0 Å². The van der Waals surface area contributed by atoms with Gasteiger partial charge in [0.2, 0.25) is 23.6 Å². The monoisotopic (exact) mass is 516 g/mol. The Labute approximate surface area is 210 Å². The molecule has 0 aliphatic heterocycles. The van der Waals surface area contributed by atoms with Gasteiger partial charge in [-0.3, -0.25) is 24.0 Å². The van der Waals surface area contributed by atoms with Crippen molar-refractivity contribution in [3.05, 3.63) is 0 Å². The van der Waals surface area contributed by atoms with Crippen LogP contribution in [-0.2, 0) is 28.8 Å². The molecule has 4 atom stereocenters. The quantitative estimate of drug-likeness (QED) is 0.0889. The zero-order valence-corrected chi connectivity index (χ0v) is 20.8. The van der Waals surface area contributed by atoms with Crippen molar-refractivity contribution in [1.82, 2.24) is 16.0 Å². The molecule has 0 aromatic carbocycles. The Morgan fingerprint density at radius 3 is 1.72 bits per heavy atom. The summed E-state index contributed by atoms with van der Waals surface area (Å²) in [6, 6.07) is -4.81.